The van der Waals surface area contributed by atoms with E-state index in [-0.39, 0.29) is 16.3 Å². The van der Waals surface area contributed by atoms with Crippen LogP contribution in [0.1, 0.15) is 25.0 Å². The molecule has 1 aliphatic heterocycles. The molecule has 2 heterocycles. The van der Waals surface area contributed by atoms with Gasteiger partial charge in [0.2, 0.25) is 0 Å². The van der Waals surface area contributed by atoms with Crippen molar-refractivity contribution in [2.24, 2.45) is 0 Å². The lowest BCUT2D eigenvalue weighted by molar-refractivity contribution is -0.258. The Kier molecular flexibility index (Phi) is 5.39. The van der Waals surface area contributed by atoms with Crippen molar-refractivity contribution in [1.29, 1.82) is 0 Å². The topological polar surface area (TPSA) is 69.6 Å². The number of hydrogen-bond donors (Lipinski definition) is 2. The zero-order valence-corrected chi connectivity index (χ0v) is 17.0. The van der Waals surface area contributed by atoms with Gasteiger partial charge in [-0.2, -0.15) is 17.5 Å². The first-order chi connectivity index (χ1) is 12.9. The van der Waals surface area contributed by atoms with Gasteiger partial charge in [-0.1, -0.05) is 30.3 Å². The van der Waals surface area contributed by atoms with Crippen molar-refractivity contribution in [2.45, 2.75) is 35.4 Å². The third-order valence-corrected chi connectivity index (χ3v) is 8.31. The summed E-state index contributed by atoms with van der Waals surface area (Å²) in [6, 6.07) is 8.65. The van der Waals surface area contributed by atoms with Gasteiger partial charge in [0.05, 0.1) is 5.54 Å². The molecular weight excluding hydrogens is 413 g/mol. The molecule has 2 aromatic rings. The van der Waals surface area contributed by atoms with Gasteiger partial charge in [0.15, 0.2) is 5.60 Å². The molecule has 0 amide bonds. The van der Waals surface area contributed by atoms with Crippen LogP contribution in [0.4, 0.5) is 13.2 Å². The monoisotopic (exact) mass is 434 g/mol. The summed E-state index contributed by atoms with van der Waals surface area (Å²) in [6.07, 6.45) is -4.80. The molecule has 1 unspecified atom stereocenters. The fraction of sp³-hybridized carbons (Fsp3) is 0.444. The number of rotatable bonds is 4. The molecule has 5 nitrogen and oxygen atoms in total. The highest BCUT2D eigenvalue weighted by Gasteiger charge is 2.51. The maximum absolute atomic E-state index is 13.0. The fourth-order valence-electron chi connectivity index (χ4n) is 3.21. The summed E-state index contributed by atoms with van der Waals surface area (Å²) in [5.41, 5.74) is -3.36. The van der Waals surface area contributed by atoms with Crippen LogP contribution in [0, 0.1) is 0 Å². The van der Waals surface area contributed by atoms with E-state index in [1.54, 1.807) is 24.4 Å². The number of alkyl halides is 3. The number of hydrogen-bond acceptors (Lipinski definition) is 5. The molecule has 0 spiro atoms. The fourth-order valence-corrected chi connectivity index (χ4v) is 5.89. The summed E-state index contributed by atoms with van der Waals surface area (Å²) in [5.74, 6) is 0. The summed E-state index contributed by atoms with van der Waals surface area (Å²) in [5, 5.41) is 14.8. The standard InChI is InChI=1S/C18H21F3N2O3S2/c1-16(13-5-7-14(8-6-13)17(2,24)18(19,20)21)12-23(10-9-22-16)28(25,26)15-4-3-11-27-15/h3-8,11,22,24H,9-10,12H2,1-2H3/t16-,17?/m0/s1. The Morgan fingerprint density at radius 1 is 1.21 bits per heavy atom. The van der Waals surface area contributed by atoms with Crippen LogP contribution in [0.3, 0.4) is 0 Å². The van der Waals surface area contributed by atoms with Gasteiger partial charge in [-0.3, -0.25) is 0 Å². The number of halogens is 3. The second-order valence-electron chi connectivity index (χ2n) is 7.18. The number of piperazine rings is 1. The Morgan fingerprint density at radius 3 is 2.39 bits per heavy atom. The maximum Gasteiger partial charge on any atom is 0.421 e. The van der Waals surface area contributed by atoms with Gasteiger partial charge in [-0.15, -0.1) is 11.3 Å². The third-order valence-electron chi connectivity index (χ3n) is 5.09. The summed E-state index contributed by atoms with van der Waals surface area (Å²) in [7, 11) is -3.63. The molecule has 2 N–H and O–H groups in total. The minimum absolute atomic E-state index is 0.141. The molecule has 28 heavy (non-hydrogen) atoms. The number of nitrogens with zero attached hydrogens (tertiary/aromatic N) is 1. The largest absolute Gasteiger partial charge is 0.421 e. The van der Waals surface area contributed by atoms with Crippen molar-refractivity contribution >= 4 is 21.4 Å². The minimum Gasteiger partial charge on any atom is -0.376 e. The highest BCUT2D eigenvalue weighted by molar-refractivity contribution is 7.91. The van der Waals surface area contributed by atoms with Crippen molar-refractivity contribution in [3.63, 3.8) is 0 Å². The van der Waals surface area contributed by atoms with E-state index in [1.807, 2.05) is 0 Å². The van der Waals surface area contributed by atoms with Crippen LogP contribution < -0.4 is 5.32 Å². The lowest BCUT2D eigenvalue weighted by atomic mass is 9.87. The van der Waals surface area contributed by atoms with Gasteiger partial charge in [-0.25, -0.2) is 8.42 Å². The van der Waals surface area contributed by atoms with E-state index >= 15 is 0 Å². The molecule has 10 heteroatoms. The van der Waals surface area contributed by atoms with Gasteiger partial charge in [-0.05, 0) is 36.4 Å². The van der Waals surface area contributed by atoms with Gasteiger partial charge in [0.1, 0.15) is 4.21 Å². The summed E-state index contributed by atoms with van der Waals surface area (Å²) in [4.78, 5) is 0. The van der Waals surface area contributed by atoms with Crippen LogP contribution in [-0.2, 0) is 21.2 Å². The van der Waals surface area contributed by atoms with E-state index in [1.165, 1.54) is 28.6 Å². The summed E-state index contributed by atoms with van der Waals surface area (Å²) in [6.45, 7) is 3.36. The molecule has 1 aromatic heterocycles. The van der Waals surface area contributed by atoms with Gasteiger partial charge in [0, 0.05) is 19.6 Å². The Bertz CT molecular complexity index is 926. The second-order valence-corrected chi connectivity index (χ2v) is 10.3. The number of benzene rings is 1. The molecule has 2 atom stereocenters. The lowest BCUT2D eigenvalue weighted by Crippen LogP contribution is -2.57. The number of nitrogens with one attached hydrogen (secondary N) is 1. The van der Waals surface area contributed by atoms with E-state index in [0.29, 0.717) is 25.6 Å². The molecule has 1 aromatic carbocycles. The highest BCUT2D eigenvalue weighted by atomic mass is 32.2. The lowest BCUT2D eigenvalue weighted by Gasteiger charge is -2.41. The normalized spacial score (nSPS) is 24.1. The second kappa shape index (κ2) is 7.10. The predicted molar refractivity (Wildman–Crippen MR) is 101 cm³/mol. The van der Waals surface area contributed by atoms with E-state index in [9.17, 15) is 26.7 Å². The first-order valence-electron chi connectivity index (χ1n) is 8.57. The van der Waals surface area contributed by atoms with Crippen molar-refractivity contribution < 1.29 is 26.7 Å². The molecule has 0 radical (unpaired) electrons. The van der Waals surface area contributed by atoms with Gasteiger partial charge < -0.3 is 10.4 Å². The van der Waals surface area contributed by atoms with Crippen molar-refractivity contribution in [3.8, 4) is 0 Å². The SMILES string of the molecule is CC(O)(c1ccc([C@]2(C)CN(S(=O)(=O)c3cccs3)CCN2)cc1)C(F)(F)F. The average molecular weight is 435 g/mol. The molecule has 0 aliphatic carbocycles. The summed E-state index contributed by atoms with van der Waals surface area (Å²) < 4.78 is 66.4. The van der Waals surface area contributed by atoms with E-state index < -0.39 is 27.3 Å². The Hall–Kier alpha value is -1.46. The average Bonchev–Trinajstić information content (AvgIpc) is 3.16. The third kappa shape index (κ3) is 3.71. The predicted octanol–water partition coefficient (Wildman–Crippen LogP) is 3.03. The zero-order valence-electron chi connectivity index (χ0n) is 15.3. The van der Waals surface area contributed by atoms with Crippen LogP contribution in [-0.4, -0.2) is 43.6 Å². The Balaban J connectivity index is 1.87. The number of thiophene rings is 1. The first kappa shape index (κ1) is 21.3. The van der Waals surface area contributed by atoms with Crippen LogP contribution >= 0.6 is 11.3 Å². The molecule has 1 aliphatic rings. The van der Waals surface area contributed by atoms with Crippen LogP contribution in [0.15, 0.2) is 46.0 Å². The number of aliphatic hydroxyl groups is 1. The van der Waals surface area contributed by atoms with E-state index in [4.69, 9.17) is 0 Å². The van der Waals surface area contributed by atoms with Crippen molar-refractivity contribution in [3.05, 3.63) is 52.9 Å². The molecule has 1 saturated heterocycles. The zero-order chi connectivity index (χ0) is 20.8. The first-order valence-corrected chi connectivity index (χ1v) is 10.9. The molecule has 1 fully saturated rings. The van der Waals surface area contributed by atoms with E-state index in [2.05, 4.69) is 5.32 Å². The highest BCUT2D eigenvalue weighted by Crippen LogP contribution is 2.39. The van der Waals surface area contributed by atoms with Crippen molar-refractivity contribution in [1.82, 2.24) is 9.62 Å². The Morgan fingerprint density at radius 2 is 1.86 bits per heavy atom. The van der Waals surface area contributed by atoms with Crippen molar-refractivity contribution in [2.75, 3.05) is 19.6 Å². The molecule has 154 valence electrons. The van der Waals surface area contributed by atoms with Gasteiger partial charge in [0.25, 0.3) is 10.0 Å². The Labute approximate surface area is 165 Å². The summed E-state index contributed by atoms with van der Waals surface area (Å²) >= 11 is 1.14. The van der Waals surface area contributed by atoms with Gasteiger partial charge >= 0.3 is 6.18 Å². The van der Waals surface area contributed by atoms with Crippen LogP contribution in [0.25, 0.3) is 0 Å². The number of sulfonamides is 1. The van der Waals surface area contributed by atoms with Crippen LogP contribution in [0.2, 0.25) is 0 Å². The van der Waals surface area contributed by atoms with Crippen LogP contribution in [0.5, 0.6) is 0 Å². The minimum atomic E-state index is -4.80. The molecule has 0 bridgehead atoms. The molecule has 3 rings (SSSR count). The smallest absolute Gasteiger partial charge is 0.376 e. The quantitative estimate of drug-likeness (QED) is 0.776. The molecular formula is C18H21F3N2O3S2. The maximum atomic E-state index is 13.0. The molecule has 0 saturated carbocycles. The van der Waals surface area contributed by atoms with E-state index in [0.717, 1.165) is 11.3 Å².